The topological polar surface area (TPSA) is 152 Å². The molecule has 0 spiro atoms. The van der Waals surface area contributed by atoms with E-state index in [2.05, 4.69) is 19.7 Å². The molecule has 0 atom stereocenters. The summed E-state index contributed by atoms with van der Waals surface area (Å²) in [6.45, 7) is 13.2. The maximum atomic E-state index is 13.2. The standard InChI is InChI=1S/C24H21ClF3N3O2.C24H22ClF3N2O4.Na.H2O/c1-3-5-17-21(7-6-18-22(17)33-30-23(18)24(26,27)28)32-11-4-9-31-10-8-15-12-16(14-29-2)19(25)13-20(15)31;1-2-4-16-20(6-5-17-22(16)34-29-23(17)24(26,27)28)33-10-3-8-30-9-7-14-11-15(12-21(31)32)18(25)13-19(14)30;;/h6-8,10,12-13H,3-5,9,11,14H2,1H3;5-7,9,11,13H,2-4,8,10,12H2,1H3,(H,31,32);;1H2/q;;+1;/p-1. The maximum absolute atomic E-state index is 13.2. The largest absolute Gasteiger partial charge is 1.00 e. The minimum Gasteiger partial charge on any atom is -0.870 e. The fourth-order valence-electron chi connectivity index (χ4n) is 7.98. The van der Waals surface area contributed by atoms with E-state index in [-0.39, 0.29) is 69.9 Å². The Morgan fingerprint density at radius 2 is 1.16 bits per heavy atom. The Labute approximate surface area is 423 Å². The number of carbonyl (C=O) groups is 1. The Balaban J connectivity index is 0.000000250. The minimum absolute atomic E-state index is 0. The predicted molar refractivity (Wildman–Crippen MR) is 244 cm³/mol. The van der Waals surface area contributed by atoms with Crippen LogP contribution in [0.1, 0.15) is 73.2 Å². The first-order valence-corrected chi connectivity index (χ1v) is 22.1. The van der Waals surface area contributed by atoms with E-state index >= 15 is 0 Å². The van der Waals surface area contributed by atoms with Crippen LogP contribution < -0.4 is 39.0 Å². The van der Waals surface area contributed by atoms with Crippen molar-refractivity contribution in [2.24, 2.45) is 0 Å². The van der Waals surface area contributed by atoms with Gasteiger partial charge in [0.15, 0.2) is 22.6 Å². The van der Waals surface area contributed by atoms with Crippen molar-refractivity contribution in [3.8, 4) is 11.5 Å². The quantitative estimate of drug-likeness (QED) is 0.0407. The molecule has 21 heteroatoms. The Hall–Kier alpha value is -5.42. The van der Waals surface area contributed by atoms with Crippen molar-refractivity contribution in [1.29, 1.82) is 0 Å². The number of hydrogen-bond donors (Lipinski definition) is 1. The van der Waals surface area contributed by atoms with Crippen LogP contribution in [0.4, 0.5) is 26.3 Å². The van der Waals surface area contributed by atoms with Crippen molar-refractivity contribution in [3.05, 3.63) is 128 Å². The number of ether oxygens (including phenoxy) is 2. The van der Waals surface area contributed by atoms with Gasteiger partial charge in [-0.05, 0) is 97.3 Å². The predicted octanol–water partition coefficient (Wildman–Crippen LogP) is 10.6. The Kier molecular flexibility index (Phi) is 18.5. The van der Waals surface area contributed by atoms with Crippen LogP contribution in [0.25, 0.3) is 48.6 Å². The molecule has 69 heavy (non-hydrogen) atoms. The van der Waals surface area contributed by atoms with Crippen molar-refractivity contribution in [1.82, 2.24) is 19.4 Å². The van der Waals surface area contributed by atoms with Gasteiger partial charge < -0.3 is 43.1 Å². The van der Waals surface area contributed by atoms with Gasteiger partial charge in [0.2, 0.25) is 6.54 Å². The second-order valence-electron chi connectivity index (χ2n) is 15.7. The molecule has 0 aliphatic heterocycles. The molecule has 0 bridgehead atoms. The fraction of sp³-hybridized carbons (Fsp3) is 0.333. The van der Waals surface area contributed by atoms with E-state index in [0.717, 1.165) is 33.8 Å². The van der Waals surface area contributed by atoms with E-state index in [1.165, 1.54) is 18.2 Å². The number of fused-ring (bicyclic) bond motifs is 4. The van der Waals surface area contributed by atoms with Crippen molar-refractivity contribution in [2.45, 2.75) is 90.8 Å². The van der Waals surface area contributed by atoms with E-state index in [1.807, 2.05) is 55.1 Å². The number of halogens is 8. The summed E-state index contributed by atoms with van der Waals surface area (Å²) in [4.78, 5) is 14.4. The first-order chi connectivity index (χ1) is 32.0. The average molecular weight is 1010 g/mol. The second kappa shape index (κ2) is 23.5. The average Bonchev–Trinajstić information content (AvgIpc) is 4.08. The smallest absolute Gasteiger partial charge is 0.870 e. The number of carboxylic acid groups (broad SMARTS) is 1. The summed E-state index contributed by atoms with van der Waals surface area (Å²) in [5, 5.41) is 18.3. The van der Waals surface area contributed by atoms with Gasteiger partial charge in [0.25, 0.3) is 0 Å². The zero-order valence-corrected chi connectivity index (χ0v) is 41.1. The van der Waals surface area contributed by atoms with Crippen LogP contribution in [0.2, 0.25) is 10.0 Å². The SMILES string of the molecule is CCCc1c(OCCCn2ccc3cc(CC(=O)O)c(Cl)cc32)ccc2c(C(F)(F)F)noc12.[C-]#[N+]Cc1cc2ccn(CCCOc3ccc4c(C(F)(F)F)noc4c3CCC)c2cc1Cl.[Na+].[OH-]. The van der Waals surface area contributed by atoms with Crippen molar-refractivity contribution in [2.75, 3.05) is 13.2 Å². The summed E-state index contributed by atoms with van der Waals surface area (Å²) in [6.07, 6.45) is -1.69. The summed E-state index contributed by atoms with van der Waals surface area (Å²) < 4.78 is 105. The number of aryl methyl sites for hydroxylation is 4. The second-order valence-corrected chi connectivity index (χ2v) is 16.5. The number of carboxylic acids is 1. The van der Waals surface area contributed by atoms with Crippen LogP contribution in [0.5, 0.6) is 11.5 Å². The molecule has 0 radical (unpaired) electrons. The van der Waals surface area contributed by atoms with Crippen LogP contribution in [0.15, 0.2) is 82.1 Å². The van der Waals surface area contributed by atoms with Crippen LogP contribution in [-0.4, -0.2) is 49.2 Å². The van der Waals surface area contributed by atoms with Crippen LogP contribution in [-0.2, 0) is 56.0 Å². The van der Waals surface area contributed by atoms with Gasteiger partial charge in [-0.15, -0.1) is 0 Å². The summed E-state index contributed by atoms with van der Waals surface area (Å²) in [7, 11) is 0. The number of rotatable bonds is 17. The third-order valence-corrected chi connectivity index (χ3v) is 11.7. The first-order valence-electron chi connectivity index (χ1n) is 21.3. The molecule has 360 valence electrons. The van der Waals surface area contributed by atoms with Gasteiger partial charge in [0, 0.05) is 63.6 Å². The van der Waals surface area contributed by atoms with Gasteiger partial charge in [-0.3, -0.25) is 4.79 Å². The third kappa shape index (κ3) is 12.5. The van der Waals surface area contributed by atoms with Crippen LogP contribution in [0, 0.1) is 6.57 Å². The summed E-state index contributed by atoms with van der Waals surface area (Å²) in [5.41, 5.74) is 2.59. The molecule has 12 nitrogen and oxygen atoms in total. The van der Waals surface area contributed by atoms with Crippen LogP contribution >= 0.6 is 23.2 Å². The molecule has 0 saturated carbocycles. The number of aromatic nitrogens is 4. The molecule has 4 aromatic heterocycles. The molecule has 4 heterocycles. The van der Waals surface area contributed by atoms with Crippen LogP contribution in [0.3, 0.4) is 0 Å². The van der Waals surface area contributed by atoms with Gasteiger partial charge in [0.1, 0.15) is 11.5 Å². The van der Waals surface area contributed by atoms with E-state index in [0.29, 0.717) is 96.6 Å². The van der Waals surface area contributed by atoms with Gasteiger partial charge in [-0.1, -0.05) is 60.2 Å². The summed E-state index contributed by atoms with van der Waals surface area (Å²) in [5.74, 6) is 0.0507. The van der Waals surface area contributed by atoms with Gasteiger partial charge in [-0.25, -0.2) is 6.57 Å². The molecule has 0 aliphatic carbocycles. The molecule has 8 aromatic rings. The summed E-state index contributed by atoms with van der Waals surface area (Å²) in [6, 6.07) is 17.0. The number of nitrogens with zero attached hydrogens (tertiary/aromatic N) is 5. The van der Waals surface area contributed by atoms with E-state index < -0.39 is 29.7 Å². The minimum atomic E-state index is -4.59. The molecule has 0 aliphatic rings. The number of benzene rings is 4. The Bertz CT molecular complexity index is 3100. The van der Waals surface area contributed by atoms with E-state index in [9.17, 15) is 31.1 Å². The molecular weight excluding hydrogens is 966 g/mol. The number of hydrogen-bond acceptors (Lipinski definition) is 8. The third-order valence-electron chi connectivity index (χ3n) is 11.0. The zero-order chi connectivity index (χ0) is 48.0. The molecule has 8 rings (SSSR count). The summed E-state index contributed by atoms with van der Waals surface area (Å²) >= 11 is 12.6. The van der Waals surface area contributed by atoms with Crippen molar-refractivity contribution in [3.63, 3.8) is 0 Å². The molecule has 0 amide bonds. The molecular formula is C48H44Cl2F6N5NaO7. The Morgan fingerprint density at radius 3 is 1.57 bits per heavy atom. The fourth-order valence-corrected chi connectivity index (χ4v) is 8.42. The van der Waals surface area contributed by atoms with E-state index in [4.69, 9.17) is 53.4 Å². The first kappa shape index (κ1) is 54.5. The molecule has 0 saturated heterocycles. The maximum Gasteiger partial charge on any atom is 1.00 e. The van der Waals surface area contributed by atoms with Gasteiger partial charge >= 0.3 is 47.9 Å². The normalized spacial score (nSPS) is 11.6. The van der Waals surface area contributed by atoms with Gasteiger partial charge in [0.05, 0.1) is 35.4 Å². The Morgan fingerprint density at radius 1 is 0.725 bits per heavy atom. The molecule has 4 aromatic carbocycles. The zero-order valence-electron chi connectivity index (χ0n) is 37.6. The monoisotopic (exact) mass is 1010 g/mol. The molecule has 0 fully saturated rings. The molecule has 0 unspecified atom stereocenters. The molecule has 2 N–H and O–H groups in total. The number of aliphatic carboxylic acids is 1. The van der Waals surface area contributed by atoms with Crippen molar-refractivity contribution >= 4 is 72.9 Å². The number of alkyl halides is 6. The van der Waals surface area contributed by atoms with Crippen molar-refractivity contribution < 1.29 is 89.8 Å². The van der Waals surface area contributed by atoms with Gasteiger partial charge in [-0.2, -0.15) is 26.3 Å². The van der Waals surface area contributed by atoms with E-state index in [1.54, 1.807) is 18.2 Å².